The fourth-order valence-electron chi connectivity index (χ4n) is 0. The summed E-state index contributed by atoms with van der Waals surface area (Å²) < 4.78 is 149. The Morgan fingerprint density at radius 3 is 0.258 bits per heavy atom. The first-order valence-corrected chi connectivity index (χ1v) is 11.0. The summed E-state index contributed by atoms with van der Waals surface area (Å²) in [6.45, 7) is 0. The molecule has 0 aromatic heterocycles. The molecule has 0 aliphatic rings. The van der Waals surface area contributed by atoms with Crippen LogP contribution >= 0.6 is 0 Å². The normalized spacial score (nSPS) is 4.65. The summed E-state index contributed by atoms with van der Waals surface area (Å²) in [7, 11) is 0. The molecule has 0 fully saturated rings. The second kappa shape index (κ2) is 186. The zero-order valence-electron chi connectivity index (χ0n) is 11.1. The van der Waals surface area contributed by atoms with Gasteiger partial charge in [-0.05, 0) is 0 Å². The van der Waals surface area contributed by atoms with Gasteiger partial charge >= 0.3 is 277 Å². The molecular formula is CH6F18Xe12. The van der Waals surface area contributed by atoms with Gasteiger partial charge < -0.3 is 0 Å². The third-order valence-corrected chi connectivity index (χ3v) is 0. The summed E-state index contributed by atoms with van der Waals surface area (Å²) in [5.41, 5.74) is 0. The van der Waals surface area contributed by atoms with E-state index in [1.807, 2.05) is 0 Å². The minimum atomic E-state index is -2.29. The molecule has 0 aliphatic carbocycles. The van der Waals surface area contributed by atoms with Crippen molar-refractivity contribution in [2.45, 2.75) is 7.43 Å². The second-order valence-electron chi connectivity index (χ2n) is 0.303. The Hall–Kier alpha value is 17.6. The van der Waals surface area contributed by atoms with Crippen LogP contribution in [0.5, 0.6) is 0 Å². The van der Waals surface area contributed by atoms with E-state index in [1.54, 1.807) is 0 Å². The summed E-state index contributed by atoms with van der Waals surface area (Å²) in [6.07, 6.45) is 0. The molecule has 0 radical (unpaired) electrons. The van der Waals surface area contributed by atoms with E-state index in [9.17, 15) is 1.00 Å². The smallest absolute Gasteiger partial charge is 0 e. The van der Waals surface area contributed by atoms with E-state index < -0.39 is 276 Å². The molecule has 0 aliphatic heterocycles. The van der Waals surface area contributed by atoms with Gasteiger partial charge in [0, 0.05) is 312 Å². The van der Waals surface area contributed by atoms with Gasteiger partial charge in [0.2, 0.25) is 0 Å². The zero-order chi connectivity index (χ0) is 20.2. The maximum atomic E-state index is 9.72. The summed E-state index contributed by atoms with van der Waals surface area (Å²) in [6, 6.07) is 0. The van der Waals surface area contributed by atoms with Gasteiger partial charge in [-0.1, -0.05) is 7.43 Å². The first-order valence-electron chi connectivity index (χ1n) is 1.89. The van der Waals surface area contributed by atoms with Gasteiger partial charge in [-0.3, -0.25) is 9.41 Å². The van der Waals surface area contributed by atoms with E-state index in [-0.39, 0.29) is 310 Å². The molecule has 232 valence electrons. The van der Waals surface area contributed by atoms with Crippen LogP contribution in [0.25, 0.3) is 0 Å². The largest absolute Gasteiger partial charge is 0 e. The Morgan fingerprint density at radius 2 is 0.258 bits per heavy atom. The third-order valence-electron chi connectivity index (χ3n) is 0. The van der Waals surface area contributed by atoms with Crippen LogP contribution in [-0.2, 0) is 0 Å². The molecule has 0 unspecified atom stereocenters. The van der Waals surface area contributed by atoms with Crippen LogP contribution in [0, 0.1) is 569 Å². The van der Waals surface area contributed by atoms with Gasteiger partial charge in [0.25, 0.3) is 0 Å². The van der Waals surface area contributed by atoms with E-state index in [2.05, 4.69) is 0 Å². The van der Waals surface area contributed by atoms with Gasteiger partial charge in [0.1, 0.15) is 0 Å². The van der Waals surface area contributed by atoms with Gasteiger partial charge in [0.05, 0.1) is 0 Å². The average molecular weight is 1940 g/mol. The van der Waals surface area contributed by atoms with Crippen LogP contribution in [0.2, 0.25) is 0 Å². The molecule has 0 bridgehead atoms. The summed E-state index contributed by atoms with van der Waals surface area (Å²) in [5, 5.41) is 0. The summed E-state index contributed by atoms with van der Waals surface area (Å²) in [4.78, 5) is 0. The maximum absolute atomic E-state index is 9.72. The van der Waals surface area contributed by atoms with E-state index in [1.165, 1.54) is 0 Å². The zero-order valence-corrected chi connectivity index (χ0v) is 35.3. The SMILES string of the molecule is C.F.F.FF.FF.F[Xe]F.F[Xe]F.F[Xe]F.F[Xe]F.F[Xe]F.F[Xe]F.[Xe].[Xe].[Xe].[Xe].[Xe].[Xe]. The number of halogens is 18. The van der Waals surface area contributed by atoms with Crippen molar-refractivity contribution in [2.24, 2.45) is 0 Å². The van der Waals surface area contributed by atoms with Crippen molar-refractivity contribution >= 4 is 0 Å². The third kappa shape index (κ3) is 320. The van der Waals surface area contributed by atoms with Crippen LogP contribution in [-0.4, -0.2) is 0 Å². The van der Waals surface area contributed by atoms with E-state index in [0.29, 0.717) is 0 Å². The molecule has 0 atom stereocenters. The Labute approximate surface area is 580 Å². The predicted molar refractivity (Wildman–Crippen MR) is 29.5 cm³/mol. The molecule has 0 aromatic carbocycles. The molecule has 0 rings (SSSR count). The molecule has 0 spiro atoms. The molecular weight excluding hydrogens is 1930 g/mol. The van der Waals surface area contributed by atoms with E-state index in [0.717, 1.165) is 0 Å². The van der Waals surface area contributed by atoms with Gasteiger partial charge in [0.15, 0.2) is 0 Å². The van der Waals surface area contributed by atoms with Gasteiger partial charge in [-0.2, -0.15) is 0 Å². The number of hydrogen-bond acceptors (Lipinski definition) is 0. The Bertz CT molecular complexity index is 51.0. The summed E-state index contributed by atoms with van der Waals surface area (Å²) in [5.74, 6) is 0. The molecule has 0 saturated heterocycles. The molecule has 0 aromatic rings. The van der Waals surface area contributed by atoms with Crippen molar-refractivity contribution in [1.29, 1.82) is 0 Å². The molecule has 0 nitrogen and oxygen atoms in total. The van der Waals surface area contributed by atoms with Crippen LogP contribution in [0.4, 0.5) is 28.7 Å². The Morgan fingerprint density at radius 1 is 0.258 bits per heavy atom. The monoisotopic (exact) mass is 1940 g/mol. The molecule has 0 amide bonds. The van der Waals surface area contributed by atoms with Gasteiger partial charge in [-0.25, -0.2) is 0 Å². The van der Waals surface area contributed by atoms with Crippen LogP contribution < -0.4 is 0 Å². The maximum Gasteiger partial charge on any atom is 0 e. The fraction of sp³-hybridized carbons (Fsp3) is 1.00. The molecule has 0 saturated carbocycles. The quantitative estimate of drug-likeness (QED) is 0.219. The minimum absolute atomic E-state index is 0. The standard InChI is InChI=1S/CH4.6F2Xe.2F2.2FH.6Xe/c;6*1-3-2;2*1-2;;;;;;;;/h1H4;;;;;;;;;2*1H;;;;;;. The molecule has 0 N–H and O–H groups in total. The van der Waals surface area contributed by atoms with Crippen LogP contribution in [0.3, 0.4) is 0 Å². The van der Waals surface area contributed by atoms with E-state index in [4.69, 9.17) is 18.3 Å². The van der Waals surface area contributed by atoms with Crippen LogP contribution in [0.15, 0.2) is 0 Å². The minimum Gasteiger partial charge on any atom is 0 e. The number of rotatable bonds is 0. The first-order chi connectivity index (χ1) is 10.5. The van der Waals surface area contributed by atoms with Crippen molar-refractivity contribution in [3.05, 3.63) is 0 Å². The average Bonchev–Trinajstić information content (AvgIpc) is 2.48. The second-order valence-corrected chi connectivity index (χ2v) is 2.03. The van der Waals surface area contributed by atoms with Gasteiger partial charge in [-0.15, -0.1) is 0 Å². The summed E-state index contributed by atoms with van der Waals surface area (Å²) >= 11 is -13.7. The van der Waals surface area contributed by atoms with Crippen molar-refractivity contribution in [1.82, 2.24) is 0 Å². The Balaban J connectivity index is -0.00000000464. The Kier molecular flexibility index (Phi) is 660. The van der Waals surface area contributed by atoms with Crippen molar-refractivity contribution in [3.8, 4) is 0 Å². The van der Waals surface area contributed by atoms with Crippen molar-refractivity contribution in [2.75, 3.05) is 0 Å². The van der Waals surface area contributed by atoms with E-state index >= 15 is 0 Å². The molecule has 0 heterocycles. The topological polar surface area (TPSA) is 0 Å². The molecule has 30 heteroatoms. The van der Waals surface area contributed by atoms with Crippen molar-refractivity contribution in [3.63, 3.8) is 0 Å². The number of hydrogen-bond donors (Lipinski definition) is 0. The van der Waals surface area contributed by atoms with Crippen LogP contribution in [0.1, 0.15) is 7.43 Å². The first kappa shape index (κ1) is 110. The fourth-order valence-corrected chi connectivity index (χ4v) is 0. The predicted octanol–water partition coefficient (Wildman–Crippen LogP) is 7.66. The molecule has 31 heavy (non-hydrogen) atoms. The van der Waals surface area contributed by atoms with Crippen molar-refractivity contribution < 1.29 is 598 Å².